The summed E-state index contributed by atoms with van der Waals surface area (Å²) < 4.78 is 3.91. The maximum absolute atomic E-state index is 12.4. The Morgan fingerprint density at radius 3 is 3.06 bits per heavy atom. The Bertz CT molecular complexity index is 418. The number of nitrogens with two attached hydrogens (primary N) is 1. The minimum absolute atomic E-state index is 0.0802. The summed E-state index contributed by atoms with van der Waals surface area (Å²) >= 11 is 1.21. The first-order chi connectivity index (χ1) is 8.63. The molecule has 100 valence electrons. The molecule has 0 saturated carbocycles. The van der Waals surface area contributed by atoms with Crippen molar-refractivity contribution in [1.82, 2.24) is 14.5 Å². The van der Waals surface area contributed by atoms with Crippen LogP contribution in [0.25, 0.3) is 0 Å². The van der Waals surface area contributed by atoms with E-state index in [0.717, 1.165) is 38.0 Å². The molecule has 0 spiro atoms. The Morgan fingerprint density at radius 2 is 2.44 bits per heavy atom. The molecule has 18 heavy (non-hydrogen) atoms. The number of hydrogen-bond acceptors (Lipinski definition) is 5. The van der Waals surface area contributed by atoms with Crippen molar-refractivity contribution >= 4 is 17.4 Å². The van der Waals surface area contributed by atoms with Crippen LogP contribution in [0.5, 0.6) is 0 Å². The van der Waals surface area contributed by atoms with Crippen molar-refractivity contribution in [3.63, 3.8) is 0 Å². The Labute approximate surface area is 112 Å². The number of carbonyl (C=O) groups is 1. The smallest absolute Gasteiger partial charge is 0.267 e. The van der Waals surface area contributed by atoms with Gasteiger partial charge in [0.05, 0.1) is 5.69 Å². The molecule has 0 aliphatic carbocycles. The first-order valence-electron chi connectivity index (χ1n) is 6.49. The molecule has 1 aromatic rings. The number of hydrogen-bond donors (Lipinski definition) is 1. The number of likely N-dealkylation sites (tertiary alicyclic amines) is 1. The molecular weight excluding hydrogens is 248 g/mol. The number of carbonyl (C=O) groups excluding carboxylic acids is 1. The quantitative estimate of drug-likeness (QED) is 0.893. The van der Waals surface area contributed by atoms with E-state index in [-0.39, 0.29) is 11.9 Å². The first-order valence-corrected chi connectivity index (χ1v) is 7.27. The third-order valence-corrected chi connectivity index (χ3v) is 4.25. The summed E-state index contributed by atoms with van der Waals surface area (Å²) in [4.78, 5) is 15.0. The van der Waals surface area contributed by atoms with Crippen LogP contribution in [0.4, 0.5) is 0 Å². The predicted octanol–water partition coefficient (Wildman–Crippen LogP) is 1.30. The lowest BCUT2D eigenvalue weighted by molar-refractivity contribution is 0.0789. The van der Waals surface area contributed by atoms with Crippen LogP contribution >= 0.6 is 11.5 Å². The van der Waals surface area contributed by atoms with E-state index in [1.807, 2.05) is 11.8 Å². The second-order valence-electron chi connectivity index (χ2n) is 4.96. The third kappa shape index (κ3) is 2.70. The van der Waals surface area contributed by atoms with Gasteiger partial charge in [0, 0.05) is 19.1 Å². The molecule has 5 nitrogen and oxygen atoms in total. The van der Waals surface area contributed by atoms with Gasteiger partial charge in [0.1, 0.15) is 4.88 Å². The average molecular weight is 268 g/mol. The molecule has 0 bridgehead atoms. The highest BCUT2D eigenvalue weighted by molar-refractivity contribution is 7.08. The zero-order valence-corrected chi connectivity index (χ0v) is 11.7. The standard InChI is InChI=1S/C12H20N4OS/c1-3-4-10-11(18-15-14-10)12(17)16-6-5-9(7-16)8(2)13/h8-9H,3-7,13H2,1-2H3. The molecule has 2 N–H and O–H groups in total. The fourth-order valence-electron chi connectivity index (χ4n) is 2.32. The summed E-state index contributed by atoms with van der Waals surface area (Å²) in [5, 5.41) is 4.05. The molecule has 1 fully saturated rings. The Morgan fingerprint density at radius 1 is 1.67 bits per heavy atom. The second-order valence-corrected chi connectivity index (χ2v) is 5.71. The second kappa shape index (κ2) is 5.75. The molecule has 2 rings (SSSR count). The van der Waals surface area contributed by atoms with Gasteiger partial charge >= 0.3 is 0 Å². The topological polar surface area (TPSA) is 72.1 Å². The lowest BCUT2D eigenvalue weighted by Gasteiger charge is -2.17. The molecule has 0 radical (unpaired) electrons. The molecule has 2 heterocycles. The molecule has 1 aromatic heterocycles. The molecule has 1 aliphatic rings. The van der Waals surface area contributed by atoms with Crippen molar-refractivity contribution < 1.29 is 4.79 Å². The van der Waals surface area contributed by atoms with E-state index < -0.39 is 0 Å². The lowest BCUT2D eigenvalue weighted by atomic mass is 10.0. The predicted molar refractivity (Wildman–Crippen MR) is 71.6 cm³/mol. The molecule has 1 aliphatic heterocycles. The number of nitrogens with zero attached hydrogens (tertiary/aromatic N) is 3. The van der Waals surface area contributed by atoms with Gasteiger partial charge in [0.25, 0.3) is 5.91 Å². The van der Waals surface area contributed by atoms with Gasteiger partial charge in [-0.1, -0.05) is 17.8 Å². The van der Waals surface area contributed by atoms with Gasteiger partial charge in [-0.2, -0.15) is 0 Å². The van der Waals surface area contributed by atoms with E-state index in [1.54, 1.807) is 0 Å². The molecule has 2 unspecified atom stereocenters. The van der Waals surface area contributed by atoms with Crippen LogP contribution in [0.2, 0.25) is 0 Å². The van der Waals surface area contributed by atoms with Gasteiger partial charge in [0.15, 0.2) is 0 Å². The minimum Gasteiger partial charge on any atom is -0.337 e. The third-order valence-electron chi connectivity index (χ3n) is 3.49. The van der Waals surface area contributed by atoms with Crippen molar-refractivity contribution in [2.24, 2.45) is 11.7 Å². The van der Waals surface area contributed by atoms with Crippen molar-refractivity contribution in [2.75, 3.05) is 13.1 Å². The first kappa shape index (κ1) is 13.4. The fourth-order valence-corrected chi connectivity index (χ4v) is 2.99. The van der Waals surface area contributed by atoms with E-state index in [1.165, 1.54) is 11.5 Å². The van der Waals surface area contributed by atoms with Crippen molar-refractivity contribution in [3.05, 3.63) is 10.6 Å². The number of rotatable bonds is 4. The number of aryl methyl sites for hydroxylation is 1. The zero-order chi connectivity index (χ0) is 13.1. The summed E-state index contributed by atoms with van der Waals surface area (Å²) in [5.74, 6) is 0.501. The van der Waals surface area contributed by atoms with Crippen molar-refractivity contribution in [2.45, 2.75) is 39.2 Å². The zero-order valence-electron chi connectivity index (χ0n) is 10.9. The van der Waals surface area contributed by atoms with E-state index in [9.17, 15) is 4.79 Å². The maximum Gasteiger partial charge on any atom is 0.267 e. The lowest BCUT2D eigenvalue weighted by Crippen LogP contribution is -2.33. The van der Waals surface area contributed by atoms with E-state index in [0.29, 0.717) is 10.8 Å². The summed E-state index contributed by atoms with van der Waals surface area (Å²) in [5.41, 5.74) is 6.74. The van der Waals surface area contributed by atoms with Crippen LogP contribution in [0, 0.1) is 5.92 Å². The molecule has 2 atom stereocenters. The van der Waals surface area contributed by atoms with Crippen LogP contribution in [0.1, 0.15) is 42.1 Å². The largest absolute Gasteiger partial charge is 0.337 e. The average Bonchev–Trinajstić information content (AvgIpc) is 2.97. The van der Waals surface area contributed by atoms with Crippen LogP contribution in [0.15, 0.2) is 0 Å². The molecule has 6 heteroatoms. The van der Waals surface area contributed by atoms with E-state index >= 15 is 0 Å². The minimum atomic E-state index is 0.0802. The normalized spacial score (nSPS) is 21.3. The Kier molecular flexibility index (Phi) is 4.29. The van der Waals surface area contributed by atoms with Gasteiger partial charge in [-0.05, 0) is 37.2 Å². The van der Waals surface area contributed by atoms with Crippen LogP contribution in [-0.4, -0.2) is 39.5 Å². The Hall–Kier alpha value is -1.01. The van der Waals surface area contributed by atoms with E-state index in [2.05, 4.69) is 16.5 Å². The van der Waals surface area contributed by atoms with Gasteiger partial charge in [-0.15, -0.1) is 5.10 Å². The Balaban J connectivity index is 2.05. The highest BCUT2D eigenvalue weighted by atomic mass is 32.1. The number of amides is 1. The maximum atomic E-state index is 12.4. The summed E-state index contributed by atoms with van der Waals surface area (Å²) in [7, 11) is 0. The van der Waals surface area contributed by atoms with Gasteiger partial charge in [0.2, 0.25) is 0 Å². The number of aromatic nitrogens is 2. The summed E-state index contributed by atoms with van der Waals surface area (Å²) in [6, 6.07) is 0.150. The fraction of sp³-hybridized carbons (Fsp3) is 0.750. The highest BCUT2D eigenvalue weighted by Crippen LogP contribution is 2.23. The monoisotopic (exact) mass is 268 g/mol. The van der Waals surface area contributed by atoms with E-state index in [4.69, 9.17) is 5.73 Å². The van der Waals surface area contributed by atoms with Gasteiger partial charge in [-0.3, -0.25) is 4.79 Å². The SMILES string of the molecule is CCCc1nnsc1C(=O)N1CCC(C(C)N)C1. The molecule has 0 aromatic carbocycles. The van der Waals surface area contributed by atoms with Gasteiger partial charge < -0.3 is 10.6 Å². The van der Waals surface area contributed by atoms with Crippen LogP contribution < -0.4 is 5.73 Å². The van der Waals surface area contributed by atoms with Crippen molar-refractivity contribution in [1.29, 1.82) is 0 Å². The van der Waals surface area contributed by atoms with Crippen molar-refractivity contribution in [3.8, 4) is 0 Å². The summed E-state index contributed by atoms with van der Waals surface area (Å²) in [6.07, 6.45) is 2.80. The van der Waals surface area contributed by atoms with Crippen LogP contribution in [-0.2, 0) is 6.42 Å². The molecule has 1 saturated heterocycles. The molecule has 1 amide bonds. The van der Waals surface area contributed by atoms with Gasteiger partial charge in [-0.25, -0.2) is 0 Å². The highest BCUT2D eigenvalue weighted by Gasteiger charge is 2.30. The van der Waals surface area contributed by atoms with Crippen LogP contribution in [0.3, 0.4) is 0 Å². The molecular formula is C12H20N4OS. The summed E-state index contributed by atoms with van der Waals surface area (Å²) in [6.45, 7) is 5.65.